The Labute approximate surface area is 135 Å². The van der Waals surface area contributed by atoms with Crippen LogP contribution in [0, 0.1) is 0 Å². The van der Waals surface area contributed by atoms with E-state index in [1.54, 1.807) is 0 Å². The normalized spacial score (nSPS) is 10.9. The van der Waals surface area contributed by atoms with Crippen molar-refractivity contribution in [3.05, 3.63) is 47.0 Å². The number of thiazole rings is 1. The quantitative estimate of drug-likeness (QED) is 0.642. The summed E-state index contributed by atoms with van der Waals surface area (Å²) < 4.78 is 5.05. The lowest BCUT2D eigenvalue weighted by Gasteiger charge is -2.04. The molecule has 0 aliphatic heterocycles. The van der Waals surface area contributed by atoms with E-state index in [1.807, 2.05) is 30.3 Å². The van der Waals surface area contributed by atoms with E-state index in [0.29, 0.717) is 0 Å². The van der Waals surface area contributed by atoms with Crippen LogP contribution in [0.4, 0.5) is 9.93 Å². The minimum absolute atomic E-state index is 0.131. The number of ether oxygens (including phenoxy) is 1. The molecule has 0 saturated heterocycles. The number of hydrogen-bond acceptors (Lipinski definition) is 7. The number of oxime groups is 1. The van der Waals surface area contributed by atoms with E-state index in [9.17, 15) is 9.59 Å². The van der Waals surface area contributed by atoms with Crippen LogP contribution < -0.4 is 11.1 Å². The van der Waals surface area contributed by atoms with Gasteiger partial charge in [-0.25, -0.2) is 9.78 Å². The molecule has 0 fully saturated rings. The van der Waals surface area contributed by atoms with Gasteiger partial charge in [0, 0.05) is 5.38 Å². The van der Waals surface area contributed by atoms with Crippen molar-refractivity contribution in [2.24, 2.45) is 5.16 Å². The third-order valence-corrected chi connectivity index (χ3v) is 3.32. The molecule has 2 N–H and O–H groups in total. The van der Waals surface area contributed by atoms with Gasteiger partial charge in [0.05, 0.1) is 0 Å². The Hall–Kier alpha value is -2.94. The van der Waals surface area contributed by atoms with Crippen LogP contribution >= 0.6 is 11.3 Å². The minimum atomic E-state index is -1.03. The molecule has 1 aromatic carbocycles. The lowest BCUT2D eigenvalue weighted by atomic mass is 10.2. The number of nitrogens with one attached hydrogen (secondary N) is 2. The summed E-state index contributed by atoms with van der Waals surface area (Å²) in [6.07, 6.45) is -0.669. The van der Waals surface area contributed by atoms with Crippen LogP contribution in [0.5, 0.6) is 0 Å². The fourth-order valence-electron chi connectivity index (χ4n) is 1.58. The van der Waals surface area contributed by atoms with Gasteiger partial charge in [-0.15, -0.1) is 11.3 Å². The number of amides is 2. The predicted octanol–water partition coefficient (Wildman–Crippen LogP) is 2.05. The second kappa shape index (κ2) is 7.90. The highest BCUT2D eigenvalue weighted by molar-refractivity contribution is 7.14. The van der Waals surface area contributed by atoms with E-state index in [0.717, 1.165) is 16.9 Å². The van der Waals surface area contributed by atoms with E-state index in [1.165, 1.54) is 12.5 Å². The van der Waals surface area contributed by atoms with Crippen molar-refractivity contribution in [3.63, 3.8) is 0 Å². The molecule has 9 heteroatoms. The van der Waals surface area contributed by atoms with Crippen molar-refractivity contribution in [1.29, 1.82) is 0 Å². The molecule has 2 aromatic rings. The minimum Gasteiger partial charge on any atom is -0.444 e. The number of hydrogen-bond donors (Lipinski definition) is 1. The van der Waals surface area contributed by atoms with Gasteiger partial charge in [0.25, 0.3) is 5.91 Å². The Morgan fingerprint density at radius 2 is 2.09 bits per heavy atom. The first-order valence-corrected chi connectivity index (χ1v) is 7.29. The fourth-order valence-corrected chi connectivity index (χ4v) is 2.26. The van der Waals surface area contributed by atoms with Gasteiger partial charge in [0.2, 0.25) is 0 Å². The highest BCUT2D eigenvalue weighted by Crippen LogP contribution is 2.17. The molecule has 1 aromatic heterocycles. The maximum absolute atomic E-state index is 11.7. The van der Waals surface area contributed by atoms with Crippen molar-refractivity contribution in [1.82, 2.24) is 10.7 Å². The lowest BCUT2D eigenvalue weighted by Crippen LogP contribution is -2.17. The molecule has 2 rings (SSSR count). The van der Waals surface area contributed by atoms with Gasteiger partial charge < -0.3 is 9.57 Å². The number of carbonyl (C=O) groups is 2. The van der Waals surface area contributed by atoms with Crippen molar-refractivity contribution >= 4 is 34.2 Å². The third-order valence-electron chi connectivity index (χ3n) is 2.57. The molecule has 1 radical (unpaired) electrons. The van der Waals surface area contributed by atoms with Gasteiger partial charge in [0.15, 0.2) is 10.8 Å². The molecule has 0 atom stereocenters. The molecule has 0 unspecified atom stereocenters. The van der Waals surface area contributed by atoms with Gasteiger partial charge in [0.1, 0.15) is 19.4 Å². The molecule has 2 amide bonds. The summed E-state index contributed by atoms with van der Waals surface area (Å²) in [6.45, 7) is 0.131. The Morgan fingerprint density at radius 3 is 2.74 bits per heavy atom. The average Bonchev–Trinajstić information content (AvgIpc) is 2.99. The van der Waals surface area contributed by atoms with Crippen LogP contribution in [0.3, 0.4) is 0 Å². The number of anilines is 1. The topological polar surface area (TPSA) is 114 Å². The fraction of sp³-hybridized carbons (Fsp3) is 0.143. The molecule has 23 heavy (non-hydrogen) atoms. The van der Waals surface area contributed by atoms with Crippen molar-refractivity contribution in [2.45, 2.75) is 6.61 Å². The summed E-state index contributed by atoms with van der Waals surface area (Å²) in [4.78, 5) is 31.3. The van der Waals surface area contributed by atoms with Crippen LogP contribution in [0.25, 0.3) is 0 Å². The van der Waals surface area contributed by atoms with E-state index < -0.39 is 12.0 Å². The second-order valence-electron chi connectivity index (χ2n) is 4.18. The van der Waals surface area contributed by atoms with Gasteiger partial charge in [-0.1, -0.05) is 35.5 Å². The standard InChI is InChI=1S/C14H13N4O4S/c1-21-18-11(12(15)19)10-8-23-13(16-10)17-14(20)22-7-9-5-3-2-4-6-9/h2-6,8,15H,7H2,1H3,(H,16,17,20)/b18-11-. The van der Waals surface area contributed by atoms with Crippen LogP contribution in [0.1, 0.15) is 11.3 Å². The summed E-state index contributed by atoms with van der Waals surface area (Å²) in [7, 11) is 1.26. The van der Waals surface area contributed by atoms with Gasteiger partial charge in [-0.3, -0.25) is 15.8 Å². The Bertz CT molecular complexity index is 715. The molecule has 0 aliphatic rings. The first-order valence-electron chi connectivity index (χ1n) is 6.41. The Balaban J connectivity index is 1.94. The number of aromatic nitrogens is 1. The number of benzene rings is 1. The third kappa shape index (κ3) is 4.78. The molecule has 0 bridgehead atoms. The molecule has 0 spiro atoms. The van der Waals surface area contributed by atoms with Crippen LogP contribution in [0.2, 0.25) is 0 Å². The molecule has 0 saturated carbocycles. The smallest absolute Gasteiger partial charge is 0.413 e. The zero-order chi connectivity index (χ0) is 16.7. The molecule has 119 valence electrons. The van der Waals surface area contributed by atoms with Crippen molar-refractivity contribution < 1.29 is 19.2 Å². The zero-order valence-electron chi connectivity index (χ0n) is 12.1. The predicted molar refractivity (Wildman–Crippen MR) is 84.0 cm³/mol. The van der Waals surface area contributed by atoms with Gasteiger partial charge in [-0.05, 0) is 5.56 Å². The summed E-state index contributed by atoms with van der Waals surface area (Å²) in [5.74, 6) is -1.03. The van der Waals surface area contributed by atoms with Gasteiger partial charge >= 0.3 is 6.09 Å². The highest BCUT2D eigenvalue weighted by Gasteiger charge is 2.17. The maximum Gasteiger partial charge on any atom is 0.413 e. The highest BCUT2D eigenvalue weighted by atomic mass is 32.1. The zero-order valence-corrected chi connectivity index (χ0v) is 12.9. The molecular formula is C14H13N4O4S. The molecule has 1 heterocycles. The van der Waals surface area contributed by atoms with Gasteiger partial charge in [-0.2, -0.15) is 0 Å². The maximum atomic E-state index is 11.7. The lowest BCUT2D eigenvalue weighted by molar-refractivity contribution is -0.112. The van der Waals surface area contributed by atoms with E-state index in [2.05, 4.69) is 20.3 Å². The largest absolute Gasteiger partial charge is 0.444 e. The van der Waals surface area contributed by atoms with Crippen LogP contribution in [-0.4, -0.2) is 29.8 Å². The summed E-state index contributed by atoms with van der Waals surface area (Å²) in [5.41, 5.74) is 7.86. The van der Waals surface area contributed by atoms with Crippen LogP contribution in [0.15, 0.2) is 40.9 Å². The number of rotatable bonds is 6. The monoisotopic (exact) mass is 333 g/mol. The van der Waals surface area contributed by atoms with Crippen molar-refractivity contribution in [3.8, 4) is 0 Å². The average molecular weight is 333 g/mol. The second-order valence-corrected chi connectivity index (χ2v) is 5.03. The van der Waals surface area contributed by atoms with E-state index in [-0.39, 0.29) is 23.1 Å². The van der Waals surface area contributed by atoms with E-state index >= 15 is 0 Å². The first-order chi connectivity index (χ1) is 11.1. The van der Waals surface area contributed by atoms with E-state index in [4.69, 9.17) is 10.5 Å². The molecule has 0 aliphatic carbocycles. The first kappa shape index (κ1) is 16.4. The SMILES string of the molecule is CO/N=C(\C([NH])=O)c1csc(NC(=O)OCc2ccccc2)n1. The molecule has 8 nitrogen and oxygen atoms in total. The molecular weight excluding hydrogens is 320 g/mol. The number of nitrogens with zero attached hydrogens (tertiary/aromatic N) is 2. The Morgan fingerprint density at radius 1 is 1.35 bits per heavy atom. The summed E-state index contributed by atoms with van der Waals surface area (Å²) in [6, 6.07) is 9.23. The summed E-state index contributed by atoms with van der Waals surface area (Å²) >= 11 is 1.08. The van der Waals surface area contributed by atoms with Crippen LogP contribution in [-0.2, 0) is 21.0 Å². The summed E-state index contributed by atoms with van der Waals surface area (Å²) in [5, 5.41) is 7.60. The Kier molecular flexibility index (Phi) is 5.64. The number of carbonyl (C=O) groups excluding carboxylic acids is 2. The van der Waals surface area contributed by atoms with Crippen molar-refractivity contribution in [2.75, 3.05) is 12.4 Å².